The Hall–Kier alpha value is -3.13. The molecule has 7 nitrogen and oxygen atoms in total. The Bertz CT molecular complexity index is 1010. The number of nitrogens with zero attached hydrogens (tertiary/aromatic N) is 1. The van der Waals surface area contributed by atoms with Gasteiger partial charge >= 0.3 is 6.03 Å². The van der Waals surface area contributed by atoms with E-state index in [0.717, 1.165) is 0 Å². The molecule has 2 aromatic rings. The zero-order valence-electron chi connectivity index (χ0n) is 17.1. The van der Waals surface area contributed by atoms with E-state index in [0.29, 0.717) is 42.7 Å². The van der Waals surface area contributed by atoms with Gasteiger partial charge in [0.2, 0.25) is 11.8 Å². The van der Waals surface area contributed by atoms with Gasteiger partial charge in [-0.2, -0.15) is 0 Å². The van der Waals surface area contributed by atoms with Crippen molar-refractivity contribution in [3.05, 3.63) is 63.9 Å². The van der Waals surface area contributed by atoms with Crippen LogP contribution in [0.1, 0.15) is 34.3 Å². The normalized spacial score (nSPS) is 14.2. The molecule has 0 aliphatic carbocycles. The summed E-state index contributed by atoms with van der Waals surface area (Å²) in [6.07, 6.45) is 1.06. The zero-order chi connectivity index (χ0) is 22.5. The third kappa shape index (κ3) is 5.73. The highest BCUT2D eigenvalue weighted by Gasteiger charge is 2.27. The monoisotopic (exact) mass is 446 g/mol. The average molecular weight is 447 g/mol. The van der Waals surface area contributed by atoms with Crippen LogP contribution in [-0.4, -0.2) is 35.8 Å². The number of anilines is 1. The van der Waals surface area contributed by atoms with Gasteiger partial charge in [0.05, 0.1) is 10.6 Å². The molecular weight excluding hydrogens is 423 g/mol. The largest absolute Gasteiger partial charge is 0.366 e. The van der Waals surface area contributed by atoms with Gasteiger partial charge in [-0.15, -0.1) is 0 Å². The summed E-state index contributed by atoms with van der Waals surface area (Å²) in [6, 6.07) is 9.06. The first-order valence-electron chi connectivity index (χ1n) is 9.92. The second kappa shape index (κ2) is 9.78. The van der Waals surface area contributed by atoms with Crippen LogP contribution in [0.15, 0.2) is 36.4 Å². The van der Waals surface area contributed by atoms with Gasteiger partial charge in [0, 0.05) is 31.2 Å². The summed E-state index contributed by atoms with van der Waals surface area (Å²) < 4.78 is 13.6. The van der Waals surface area contributed by atoms with Gasteiger partial charge in [-0.1, -0.05) is 23.7 Å². The van der Waals surface area contributed by atoms with Crippen LogP contribution >= 0.6 is 11.6 Å². The van der Waals surface area contributed by atoms with E-state index in [9.17, 15) is 18.8 Å². The molecule has 1 aliphatic rings. The Balaban J connectivity index is 1.47. The fourth-order valence-corrected chi connectivity index (χ4v) is 3.69. The van der Waals surface area contributed by atoms with E-state index >= 15 is 0 Å². The second-order valence-corrected chi connectivity index (χ2v) is 7.96. The average Bonchev–Trinajstić information content (AvgIpc) is 2.74. The molecule has 4 amide bonds. The highest BCUT2D eigenvalue weighted by molar-refractivity contribution is 6.34. The van der Waals surface area contributed by atoms with Gasteiger partial charge in [0.1, 0.15) is 5.82 Å². The number of nitrogens with two attached hydrogens (primary N) is 1. The summed E-state index contributed by atoms with van der Waals surface area (Å²) in [5.41, 5.74) is 7.11. The molecule has 1 aliphatic heterocycles. The number of hydrogen-bond donors (Lipinski definition) is 3. The number of carbonyl (C=O) groups excluding carboxylic acids is 3. The summed E-state index contributed by atoms with van der Waals surface area (Å²) >= 11 is 6.01. The number of piperidine rings is 1. The minimum Gasteiger partial charge on any atom is -0.366 e. The number of benzene rings is 2. The maximum absolute atomic E-state index is 13.6. The molecule has 0 atom stereocenters. The molecule has 0 aromatic heterocycles. The van der Waals surface area contributed by atoms with Gasteiger partial charge in [0.25, 0.3) is 0 Å². The van der Waals surface area contributed by atoms with Gasteiger partial charge in [0.15, 0.2) is 0 Å². The number of carbonyl (C=O) groups is 3. The Labute approximate surface area is 184 Å². The first kappa shape index (κ1) is 22.6. The fraction of sp³-hybridized carbons (Fsp3) is 0.318. The Morgan fingerprint density at radius 2 is 1.87 bits per heavy atom. The van der Waals surface area contributed by atoms with Crippen LogP contribution in [0.5, 0.6) is 0 Å². The molecule has 4 N–H and O–H groups in total. The molecule has 0 unspecified atom stereocenters. The van der Waals surface area contributed by atoms with E-state index in [1.54, 1.807) is 30.0 Å². The molecule has 2 aromatic carbocycles. The van der Waals surface area contributed by atoms with Gasteiger partial charge in [-0.3, -0.25) is 9.59 Å². The van der Waals surface area contributed by atoms with Crippen molar-refractivity contribution >= 4 is 35.1 Å². The molecule has 9 heteroatoms. The van der Waals surface area contributed by atoms with Crippen molar-refractivity contribution in [2.24, 2.45) is 11.7 Å². The number of aryl methyl sites for hydroxylation is 1. The summed E-state index contributed by atoms with van der Waals surface area (Å²) in [5, 5.41) is 5.74. The highest BCUT2D eigenvalue weighted by atomic mass is 35.5. The molecular formula is C22H24ClFN4O3. The van der Waals surface area contributed by atoms with Crippen molar-refractivity contribution in [1.29, 1.82) is 0 Å². The molecule has 1 saturated heterocycles. The summed E-state index contributed by atoms with van der Waals surface area (Å²) in [6.45, 7) is 2.80. The number of primary amides is 1. The van der Waals surface area contributed by atoms with Crippen molar-refractivity contribution < 1.29 is 18.8 Å². The Kier molecular flexibility index (Phi) is 7.12. The maximum Gasteiger partial charge on any atom is 0.321 e. The third-order valence-electron chi connectivity index (χ3n) is 5.34. The van der Waals surface area contributed by atoms with E-state index in [4.69, 9.17) is 17.3 Å². The topological polar surface area (TPSA) is 105 Å². The molecule has 3 rings (SSSR count). The molecule has 1 heterocycles. The fourth-order valence-electron chi connectivity index (χ4n) is 3.42. The molecule has 31 heavy (non-hydrogen) atoms. The molecule has 1 fully saturated rings. The van der Waals surface area contributed by atoms with Gasteiger partial charge < -0.3 is 21.3 Å². The van der Waals surface area contributed by atoms with Crippen molar-refractivity contribution in [3.63, 3.8) is 0 Å². The predicted molar refractivity (Wildman–Crippen MR) is 116 cm³/mol. The predicted octanol–water partition coefficient (Wildman–Crippen LogP) is 3.45. The molecule has 0 spiro atoms. The summed E-state index contributed by atoms with van der Waals surface area (Å²) in [5.74, 6) is -1.24. The lowest BCUT2D eigenvalue weighted by Gasteiger charge is -2.31. The van der Waals surface area contributed by atoms with Crippen molar-refractivity contribution in [2.45, 2.75) is 26.3 Å². The minimum atomic E-state index is -0.643. The third-order valence-corrected chi connectivity index (χ3v) is 5.65. The standard InChI is InChI=1S/C22H24ClFN4O3/c1-13-2-3-14(10-19(13)24)12-26-21(30)15-6-8-28(9-7-15)22(31)27-16-4-5-17(20(25)29)18(23)11-16/h2-5,10-11,15H,6-9,12H2,1H3,(H2,25,29)(H,26,30)(H,27,31). The van der Waals surface area contributed by atoms with E-state index in [1.807, 2.05) is 0 Å². The second-order valence-electron chi connectivity index (χ2n) is 7.55. The number of hydrogen-bond acceptors (Lipinski definition) is 3. The lowest BCUT2D eigenvalue weighted by Crippen LogP contribution is -2.44. The van der Waals surface area contributed by atoms with Crippen LogP contribution in [0.3, 0.4) is 0 Å². The SMILES string of the molecule is Cc1ccc(CNC(=O)C2CCN(C(=O)Nc3ccc(C(N)=O)c(Cl)c3)CC2)cc1F. The Morgan fingerprint density at radius 1 is 1.16 bits per heavy atom. The number of nitrogens with one attached hydrogen (secondary N) is 2. The lowest BCUT2D eigenvalue weighted by molar-refractivity contribution is -0.126. The van der Waals surface area contributed by atoms with Crippen molar-refractivity contribution in [1.82, 2.24) is 10.2 Å². The van der Waals surface area contributed by atoms with Gasteiger partial charge in [-0.25, -0.2) is 9.18 Å². The van der Waals surface area contributed by atoms with Crippen molar-refractivity contribution in [3.8, 4) is 0 Å². The first-order valence-corrected chi connectivity index (χ1v) is 10.3. The number of urea groups is 1. The highest BCUT2D eigenvalue weighted by Crippen LogP contribution is 2.22. The van der Waals surface area contributed by atoms with E-state index in [1.165, 1.54) is 18.2 Å². The minimum absolute atomic E-state index is 0.102. The molecule has 0 radical (unpaired) electrons. The van der Waals surface area contributed by atoms with E-state index < -0.39 is 5.91 Å². The lowest BCUT2D eigenvalue weighted by atomic mass is 9.96. The first-order chi connectivity index (χ1) is 14.7. The number of halogens is 2. The number of likely N-dealkylation sites (tertiary alicyclic amines) is 1. The van der Waals surface area contributed by atoms with Crippen LogP contribution in [0.4, 0.5) is 14.9 Å². The Morgan fingerprint density at radius 3 is 2.48 bits per heavy atom. The summed E-state index contributed by atoms with van der Waals surface area (Å²) in [4.78, 5) is 37.8. The number of rotatable bonds is 5. The zero-order valence-corrected chi connectivity index (χ0v) is 17.8. The van der Waals surface area contributed by atoms with Crippen LogP contribution in [0.2, 0.25) is 5.02 Å². The van der Waals surface area contributed by atoms with Gasteiger partial charge in [-0.05, 0) is 55.2 Å². The molecule has 164 valence electrons. The van der Waals surface area contributed by atoms with Crippen LogP contribution < -0.4 is 16.4 Å². The van der Waals surface area contributed by atoms with E-state index in [-0.39, 0.29) is 40.8 Å². The maximum atomic E-state index is 13.6. The quantitative estimate of drug-likeness (QED) is 0.655. The molecule has 0 saturated carbocycles. The molecule has 0 bridgehead atoms. The smallest absolute Gasteiger partial charge is 0.321 e. The number of amides is 4. The van der Waals surface area contributed by atoms with Crippen LogP contribution in [0.25, 0.3) is 0 Å². The summed E-state index contributed by atoms with van der Waals surface area (Å²) in [7, 11) is 0. The van der Waals surface area contributed by atoms with E-state index in [2.05, 4.69) is 10.6 Å². The van der Waals surface area contributed by atoms with Crippen LogP contribution in [-0.2, 0) is 11.3 Å². The van der Waals surface area contributed by atoms with Crippen LogP contribution in [0, 0.1) is 18.7 Å². The van der Waals surface area contributed by atoms with Crippen molar-refractivity contribution in [2.75, 3.05) is 18.4 Å².